The molecular formula is C18H29N2O+. The Hall–Kier alpha value is -1.51. The van der Waals surface area contributed by atoms with Crippen molar-refractivity contribution in [2.24, 2.45) is 5.92 Å². The summed E-state index contributed by atoms with van der Waals surface area (Å²) in [6, 6.07) is 6.65. The van der Waals surface area contributed by atoms with Gasteiger partial charge in [-0.2, -0.15) is 0 Å². The topological polar surface area (TPSA) is 15.5 Å². The van der Waals surface area contributed by atoms with Crippen LogP contribution >= 0.6 is 0 Å². The van der Waals surface area contributed by atoms with Crippen LogP contribution in [0.25, 0.3) is 0 Å². The Morgan fingerprint density at radius 1 is 1.29 bits per heavy atom. The van der Waals surface area contributed by atoms with E-state index in [1.807, 2.05) is 0 Å². The van der Waals surface area contributed by atoms with E-state index in [1.165, 1.54) is 17.7 Å². The zero-order valence-corrected chi connectivity index (χ0v) is 14.3. The lowest BCUT2D eigenvalue weighted by Crippen LogP contribution is -2.22. The zero-order valence-electron chi connectivity index (χ0n) is 14.3. The van der Waals surface area contributed by atoms with E-state index in [1.54, 1.807) is 7.11 Å². The highest BCUT2D eigenvalue weighted by Gasteiger charge is 2.26. The zero-order chi connectivity index (χ0) is 15.6. The second-order valence-corrected chi connectivity index (χ2v) is 7.24. The van der Waals surface area contributed by atoms with Crippen molar-refractivity contribution in [3.8, 4) is 5.75 Å². The van der Waals surface area contributed by atoms with Crippen molar-refractivity contribution in [3.63, 3.8) is 0 Å². The third-order valence-corrected chi connectivity index (χ3v) is 4.12. The van der Waals surface area contributed by atoms with E-state index in [2.05, 4.69) is 68.8 Å². The van der Waals surface area contributed by atoms with Crippen molar-refractivity contribution >= 4 is 11.9 Å². The summed E-state index contributed by atoms with van der Waals surface area (Å²) in [7, 11) is 5.97. The first-order valence-corrected chi connectivity index (χ1v) is 7.76. The van der Waals surface area contributed by atoms with Gasteiger partial charge in [-0.05, 0) is 29.5 Å². The fraction of sp³-hybridized carbons (Fsp3) is 0.611. The predicted molar refractivity (Wildman–Crippen MR) is 90.2 cm³/mol. The Balaban J connectivity index is 2.23. The first-order chi connectivity index (χ1) is 9.81. The number of nitrogens with zero attached hydrogens (tertiary/aromatic N) is 2. The molecule has 0 aromatic heterocycles. The van der Waals surface area contributed by atoms with E-state index in [9.17, 15) is 0 Å². The molecule has 1 saturated heterocycles. The Kier molecular flexibility index (Phi) is 4.60. The second-order valence-electron chi connectivity index (χ2n) is 7.24. The Morgan fingerprint density at radius 2 is 2.00 bits per heavy atom. The number of rotatable bonds is 3. The van der Waals surface area contributed by atoms with Gasteiger partial charge in [-0.25, -0.2) is 4.58 Å². The molecule has 1 aliphatic heterocycles. The average molecular weight is 289 g/mol. The molecule has 2 rings (SSSR count). The summed E-state index contributed by atoms with van der Waals surface area (Å²) in [5.41, 5.74) is 2.69. The third kappa shape index (κ3) is 3.78. The van der Waals surface area contributed by atoms with Crippen LogP contribution in [0.3, 0.4) is 0 Å². The van der Waals surface area contributed by atoms with Crippen molar-refractivity contribution < 1.29 is 9.31 Å². The molecule has 0 radical (unpaired) electrons. The quantitative estimate of drug-likeness (QED) is 0.627. The molecule has 1 unspecified atom stereocenters. The average Bonchev–Trinajstić information content (AvgIpc) is 2.84. The van der Waals surface area contributed by atoms with Gasteiger partial charge in [-0.15, -0.1) is 0 Å². The van der Waals surface area contributed by atoms with Crippen molar-refractivity contribution in [3.05, 3.63) is 23.8 Å². The maximum atomic E-state index is 5.65. The molecule has 1 aliphatic rings. The van der Waals surface area contributed by atoms with Gasteiger partial charge in [0, 0.05) is 13.1 Å². The van der Waals surface area contributed by atoms with E-state index in [0.29, 0.717) is 5.92 Å². The van der Waals surface area contributed by atoms with Gasteiger partial charge >= 0.3 is 0 Å². The lowest BCUT2D eigenvalue weighted by atomic mass is 9.87. The van der Waals surface area contributed by atoms with Crippen LogP contribution < -0.4 is 9.64 Å². The van der Waals surface area contributed by atoms with E-state index in [4.69, 9.17) is 4.74 Å². The Labute approximate surface area is 129 Å². The van der Waals surface area contributed by atoms with Crippen molar-refractivity contribution in [2.45, 2.75) is 32.6 Å². The maximum Gasteiger partial charge on any atom is 0.144 e. The van der Waals surface area contributed by atoms with Gasteiger partial charge in [0.1, 0.15) is 26.1 Å². The molecule has 0 N–H and O–H groups in total. The van der Waals surface area contributed by atoms with Gasteiger partial charge in [0.25, 0.3) is 0 Å². The van der Waals surface area contributed by atoms with Gasteiger partial charge in [-0.3, -0.25) is 0 Å². The van der Waals surface area contributed by atoms with Crippen LogP contribution in [0.1, 0.15) is 32.8 Å². The number of ether oxygens (including phenoxy) is 1. The maximum absolute atomic E-state index is 5.65. The van der Waals surface area contributed by atoms with E-state index >= 15 is 0 Å². The number of anilines is 1. The fourth-order valence-electron chi connectivity index (χ4n) is 2.95. The van der Waals surface area contributed by atoms with Gasteiger partial charge in [0.05, 0.1) is 18.7 Å². The largest absolute Gasteiger partial charge is 0.495 e. The summed E-state index contributed by atoms with van der Waals surface area (Å²) in [5.74, 6) is 1.62. The smallest absolute Gasteiger partial charge is 0.144 e. The fourth-order valence-corrected chi connectivity index (χ4v) is 2.95. The molecule has 1 aromatic carbocycles. The van der Waals surface area contributed by atoms with Crippen LogP contribution in [0.5, 0.6) is 5.75 Å². The van der Waals surface area contributed by atoms with Gasteiger partial charge in [0.2, 0.25) is 0 Å². The summed E-state index contributed by atoms with van der Waals surface area (Å²) in [6.07, 6.45) is 3.53. The lowest BCUT2D eigenvalue weighted by molar-refractivity contribution is -0.461. The van der Waals surface area contributed by atoms with Crippen LogP contribution in [0.15, 0.2) is 18.2 Å². The molecule has 3 nitrogen and oxygen atoms in total. The normalized spacial score (nSPS) is 18.8. The first kappa shape index (κ1) is 15.9. The molecular weight excluding hydrogens is 260 g/mol. The summed E-state index contributed by atoms with van der Waals surface area (Å²) in [4.78, 5) is 2.44. The first-order valence-electron chi connectivity index (χ1n) is 7.76. The minimum Gasteiger partial charge on any atom is -0.495 e. The van der Waals surface area contributed by atoms with Gasteiger partial charge in [0.15, 0.2) is 0 Å². The minimum atomic E-state index is 0.151. The van der Waals surface area contributed by atoms with Crippen LogP contribution in [0.2, 0.25) is 0 Å². The SMILES string of the molecule is COc1cc(C(C)(C)C)ccc1N1CCC(C=[N+](C)C)C1. The standard InChI is InChI=1S/C18H29N2O/c1-18(2,3)15-7-8-16(17(11-15)21-6)20-10-9-14(13-20)12-19(4)5/h7-8,11-12,14H,9-10,13H2,1-6H3/q+1. The molecule has 0 bridgehead atoms. The number of hydrogen-bond donors (Lipinski definition) is 0. The minimum absolute atomic E-state index is 0.151. The highest BCUT2D eigenvalue weighted by atomic mass is 16.5. The van der Waals surface area contributed by atoms with Crippen molar-refractivity contribution in [1.82, 2.24) is 0 Å². The molecule has 1 atom stereocenters. The summed E-state index contributed by atoms with van der Waals surface area (Å²) in [5, 5.41) is 0. The van der Waals surface area contributed by atoms with E-state index in [0.717, 1.165) is 18.8 Å². The van der Waals surface area contributed by atoms with Gasteiger partial charge < -0.3 is 9.64 Å². The number of benzene rings is 1. The molecule has 0 amide bonds. The molecule has 1 fully saturated rings. The monoisotopic (exact) mass is 289 g/mol. The summed E-state index contributed by atoms with van der Waals surface area (Å²) < 4.78 is 7.81. The summed E-state index contributed by atoms with van der Waals surface area (Å²) >= 11 is 0. The number of methoxy groups -OCH3 is 1. The predicted octanol–water partition coefficient (Wildman–Crippen LogP) is 3.16. The molecule has 3 heteroatoms. The van der Waals surface area contributed by atoms with Crippen molar-refractivity contribution in [2.75, 3.05) is 39.2 Å². The molecule has 0 aliphatic carbocycles. The third-order valence-electron chi connectivity index (χ3n) is 4.12. The highest BCUT2D eigenvalue weighted by Crippen LogP contribution is 2.35. The Morgan fingerprint density at radius 3 is 2.57 bits per heavy atom. The molecule has 0 spiro atoms. The van der Waals surface area contributed by atoms with E-state index in [-0.39, 0.29) is 5.41 Å². The molecule has 1 aromatic rings. The number of hydrogen-bond acceptors (Lipinski definition) is 2. The van der Waals surface area contributed by atoms with E-state index < -0.39 is 0 Å². The summed E-state index contributed by atoms with van der Waals surface area (Å²) in [6.45, 7) is 8.88. The van der Waals surface area contributed by atoms with Crippen molar-refractivity contribution in [1.29, 1.82) is 0 Å². The molecule has 1 heterocycles. The molecule has 21 heavy (non-hydrogen) atoms. The van der Waals surface area contributed by atoms with Gasteiger partial charge in [-0.1, -0.05) is 26.8 Å². The van der Waals surface area contributed by atoms with Crippen LogP contribution in [-0.2, 0) is 5.41 Å². The molecule has 116 valence electrons. The van der Waals surface area contributed by atoms with Crippen LogP contribution in [0.4, 0.5) is 5.69 Å². The lowest BCUT2D eigenvalue weighted by Gasteiger charge is -2.25. The highest BCUT2D eigenvalue weighted by molar-refractivity contribution is 5.64. The Bertz CT molecular complexity index is 525. The second kappa shape index (κ2) is 6.08. The molecule has 0 saturated carbocycles. The van der Waals surface area contributed by atoms with Crippen LogP contribution in [-0.4, -0.2) is 45.1 Å². The van der Waals surface area contributed by atoms with Crippen LogP contribution in [0, 0.1) is 5.92 Å².